The summed E-state index contributed by atoms with van der Waals surface area (Å²) < 4.78 is 26.1. The monoisotopic (exact) mass is 197 g/mol. The van der Waals surface area contributed by atoms with E-state index < -0.39 is 5.92 Å². The second-order valence-corrected chi connectivity index (χ2v) is 3.32. The lowest BCUT2D eigenvalue weighted by Crippen LogP contribution is -2.05. The molecule has 2 N–H and O–H groups in total. The Bertz CT molecular complexity index is 470. The van der Waals surface area contributed by atoms with E-state index in [9.17, 15) is 13.9 Å². The third kappa shape index (κ3) is 1.32. The molecule has 0 spiro atoms. The van der Waals surface area contributed by atoms with E-state index in [1.165, 1.54) is 18.3 Å². The molecule has 1 aromatic heterocycles. The number of phenolic OH excluding ortho intramolecular Hbond substituents is 1. The summed E-state index contributed by atoms with van der Waals surface area (Å²) in [6, 6.07) is 4.36. The van der Waals surface area contributed by atoms with E-state index in [0.29, 0.717) is 10.9 Å². The molecule has 2 nitrogen and oxygen atoms in total. The van der Waals surface area contributed by atoms with Crippen LogP contribution in [0.15, 0.2) is 24.4 Å². The van der Waals surface area contributed by atoms with Crippen molar-refractivity contribution in [2.24, 2.45) is 0 Å². The number of aromatic hydroxyl groups is 1. The van der Waals surface area contributed by atoms with Gasteiger partial charge in [-0.3, -0.25) is 0 Å². The van der Waals surface area contributed by atoms with Crippen LogP contribution >= 0.6 is 0 Å². The molecule has 0 unspecified atom stereocenters. The predicted octanol–water partition coefficient (Wildman–Crippen LogP) is 2.99. The Morgan fingerprint density at radius 3 is 2.71 bits per heavy atom. The highest BCUT2D eigenvalue weighted by Gasteiger charge is 2.27. The van der Waals surface area contributed by atoms with Gasteiger partial charge in [-0.15, -0.1) is 0 Å². The smallest absolute Gasteiger partial charge is 0.272 e. The Balaban J connectivity index is 2.73. The summed E-state index contributed by atoms with van der Waals surface area (Å²) in [4.78, 5) is 2.73. The third-order valence-corrected chi connectivity index (χ3v) is 2.14. The third-order valence-electron chi connectivity index (χ3n) is 2.14. The Hall–Kier alpha value is -1.58. The van der Waals surface area contributed by atoms with Crippen LogP contribution in [-0.4, -0.2) is 10.1 Å². The first-order chi connectivity index (χ1) is 6.48. The first kappa shape index (κ1) is 8.99. The van der Waals surface area contributed by atoms with Crippen molar-refractivity contribution >= 4 is 10.9 Å². The van der Waals surface area contributed by atoms with Gasteiger partial charge < -0.3 is 10.1 Å². The number of halogens is 2. The van der Waals surface area contributed by atoms with Crippen molar-refractivity contribution in [3.8, 4) is 5.75 Å². The van der Waals surface area contributed by atoms with Gasteiger partial charge in [0, 0.05) is 29.6 Å². The Morgan fingerprint density at radius 1 is 1.36 bits per heavy atom. The molecular formula is C10H9F2NO. The van der Waals surface area contributed by atoms with Crippen LogP contribution in [0.1, 0.15) is 12.5 Å². The summed E-state index contributed by atoms with van der Waals surface area (Å²) in [5, 5.41) is 9.54. The summed E-state index contributed by atoms with van der Waals surface area (Å²) in [7, 11) is 0. The van der Waals surface area contributed by atoms with Crippen molar-refractivity contribution in [1.29, 1.82) is 0 Å². The van der Waals surface area contributed by atoms with E-state index in [1.807, 2.05) is 0 Å². The number of nitrogens with one attached hydrogen (secondary N) is 1. The number of aromatic amines is 1. The van der Waals surface area contributed by atoms with E-state index in [1.54, 1.807) is 6.07 Å². The fraction of sp³-hybridized carbons (Fsp3) is 0.200. The van der Waals surface area contributed by atoms with E-state index in [2.05, 4.69) is 4.98 Å². The van der Waals surface area contributed by atoms with E-state index >= 15 is 0 Å². The van der Waals surface area contributed by atoms with Gasteiger partial charge in [0.2, 0.25) is 0 Å². The number of fused-ring (bicyclic) bond motifs is 1. The zero-order valence-corrected chi connectivity index (χ0v) is 7.51. The van der Waals surface area contributed by atoms with Gasteiger partial charge in [0.1, 0.15) is 5.75 Å². The maximum atomic E-state index is 13.0. The molecule has 0 aliphatic heterocycles. The average Bonchev–Trinajstić information content (AvgIpc) is 2.45. The summed E-state index contributed by atoms with van der Waals surface area (Å²) in [6.07, 6.45) is 1.27. The molecule has 4 heteroatoms. The van der Waals surface area contributed by atoms with Crippen molar-refractivity contribution in [3.05, 3.63) is 30.0 Å². The van der Waals surface area contributed by atoms with Gasteiger partial charge in [-0.1, -0.05) is 0 Å². The average molecular weight is 197 g/mol. The maximum absolute atomic E-state index is 13.0. The quantitative estimate of drug-likeness (QED) is 0.724. The van der Waals surface area contributed by atoms with Crippen LogP contribution in [0.4, 0.5) is 8.78 Å². The highest BCUT2D eigenvalue weighted by atomic mass is 19.3. The van der Waals surface area contributed by atoms with Gasteiger partial charge in [0.15, 0.2) is 0 Å². The van der Waals surface area contributed by atoms with Crippen LogP contribution in [0, 0.1) is 0 Å². The molecule has 0 aliphatic carbocycles. The standard InChI is InChI=1S/C10H9F2NO/c1-10(11,12)8-5-13-9-3-2-6(14)4-7(8)9/h2-5,13-14H,1H3. The SMILES string of the molecule is CC(F)(F)c1c[nH]c2ccc(O)cc12. The lowest BCUT2D eigenvalue weighted by atomic mass is 10.1. The second kappa shape index (κ2) is 2.70. The van der Waals surface area contributed by atoms with Crippen LogP contribution in [0.3, 0.4) is 0 Å². The molecular weight excluding hydrogens is 188 g/mol. The summed E-state index contributed by atoms with van der Waals surface area (Å²) in [5.41, 5.74) is 0.503. The minimum atomic E-state index is -2.90. The van der Waals surface area contributed by atoms with Crippen LogP contribution in [0.2, 0.25) is 0 Å². The zero-order valence-electron chi connectivity index (χ0n) is 7.51. The minimum Gasteiger partial charge on any atom is -0.508 e. The largest absolute Gasteiger partial charge is 0.508 e. The molecule has 0 saturated heterocycles. The lowest BCUT2D eigenvalue weighted by Gasteiger charge is -2.08. The number of H-pyrrole nitrogens is 1. The van der Waals surface area contributed by atoms with Gasteiger partial charge >= 0.3 is 0 Å². The minimum absolute atomic E-state index is 0.0115. The fourth-order valence-electron chi connectivity index (χ4n) is 1.47. The van der Waals surface area contributed by atoms with Gasteiger partial charge in [-0.05, 0) is 18.2 Å². The normalized spacial score (nSPS) is 12.2. The number of hydrogen-bond acceptors (Lipinski definition) is 1. The molecule has 74 valence electrons. The molecule has 0 radical (unpaired) electrons. The summed E-state index contributed by atoms with van der Waals surface area (Å²) in [5.74, 6) is -2.91. The number of hydrogen-bond donors (Lipinski definition) is 2. The number of rotatable bonds is 1. The maximum Gasteiger partial charge on any atom is 0.272 e. The van der Waals surface area contributed by atoms with Gasteiger partial charge in [-0.2, -0.15) is 0 Å². The topological polar surface area (TPSA) is 36.0 Å². The van der Waals surface area contributed by atoms with Crippen molar-refractivity contribution in [1.82, 2.24) is 4.98 Å². The van der Waals surface area contributed by atoms with Crippen LogP contribution in [-0.2, 0) is 5.92 Å². The lowest BCUT2D eigenvalue weighted by molar-refractivity contribution is 0.0191. The zero-order chi connectivity index (χ0) is 10.3. The summed E-state index contributed by atoms with van der Waals surface area (Å²) >= 11 is 0. The van der Waals surface area contributed by atoms with Gasteiger partial charge in [0.25, 0.3) is 5.92 Å². The molecule has 2 aromatic rings. The molecule has 1 aromatic carbocycles. The number of phenols is 1. The molecule has 0 fully saturated rings. The molecule has 0 amide bonds. The Morgan fingerprint density at radius 2 is 2.07 bits per heavy atom. The van der Waals surface area contributed by atoms with Crippen molar-refractivity contribution in [2.45, 2.75) is 12.8 Å². The molecule has 2 rings (SSSR count). The summed E-state index contributed by atoms with van der Waals surface area (Å²) in [6.45, 7) is 0.833. The predicted molar refractivity (Wildman–Crippen MR) is 49.5 cm³/mol. The van der Waals surface area contributed by atoms with Gasteiger partial charge in [0.05, 0.1) is 0 Å². The second-order valence-electron chi connectivity index (χ2n) is 3.32. The molecule has 0 bridgehead atoms. The Kier molecular flexibility index (Phi) is 1.74. The van der Waals surface area contributed by atoms with Crippen molar-refractivity contribution in [2.75, 3.05) is 0 Å². The molecule has 0 atom stereocenters. The van der Waals surface area contributed by atoms with E-state index in [-0.39, 0.29) is 11.3 Å². The van der Waals surface area contributed by atoms with E-state index in [0.717, 1.165) is 6.92 Å². The molecule has 0 saturated carbocycles. The van der Waals surface area contributed by atoms with Gasteiger partial charge in [-0.25, -0.2) is 8.78 Å². The molecule has 1 heterocycles. The van der Waals surface area contributed by atoms with E-state index in [4.69, 9.17) is 0 Å². The molecule has 14 heavy (non-hydrogen) atoms. The highest BCUT2D eigenvalue weighted by Crippen LogP contribution is 2.34. The van der Waals surface area contributed by atoms with Crippen LogP contribution in [0.25, 0.3) is 10.9 Å². The van der Waals surface area contributed by atoms with Crippen molar-refractivity contribution < 1.29 is 13.9 Å². The fourth-order valence-corrected chi connectivity index (χ4v) is 1.47. The van der Waals surface area contributed by atoms with Crippen molar-refractivity contribution in [3.63, 3.8) is 0 Å². The number of benzene rings is 1. The Labute approximate surface area is 79.2 Å². The first-order valence-electron chi connectivity index (χ1n) is 4.17. The number of aromatic nitrogens is 1. The first-order valence-corrected chi connectivity index (χ1v) is 4.17. The molecule has 0 aliphatic rings. The highest BCUT2D eigenvalue weighted by molar-refractivity contribution is 5.85. The number of alkyl halides is 2. The van der Waals surface area contributed by atoms with Crippen LogP contribution in [0.5, 0.6) is 5.75 Å². The van der Waals surface area contributed by atoms with Crippen LogP contribution < -0.4 is 0 Å².